The third kappa shape index (κ3) is 4.93. The summed E-state index contributed by atoms with van der Waals surface area (Å²) in [4.78, 5) is 25.7. The number of carbonyl (C=O) groups excluding carboxylic acids is 2. The molecule has 2 amide bonds. The minimum Gasteiger partial charge on any atom is -0.356 e. The fraction of sp³-hybridized carbons (Fsp3) is 0.529. The van der Waals surface area contributed by atoms with Crippen molar-refractivity contribution in [1.82, 2.24) is 10.2 Å². The molecule has 0 saturated carbocycles. The lowest BCUT2D eigenvalue weighted by Gasteiger charge is -2.33. The molecule has 4 nitrogen and oxygen atoms in total. The van der Waals surface area contributed by atoms with Crippen molar-refractivity contribution in [3.8, 4) is 0 Å². The molecule has 0 aromatic heterocycles. The lowest BCUT2D eigenvalue weighted by atomic mass is 9.97. The van der Waals surface area contributed by atoms with Crippen LogP contribution in [0.2, 0.25) is 5.02 Å². The summed E-state index contributed by atoms with van der Waals surface area (Å²) in [6.45, 7) is 3.67. The predicted molar refractivity (Wildman–Crippen MR) is 88.0 cm³/mol. The summed E-state index contributed by atoms with van der Waals surface area (Å²) in [6, 6.07) is 4.10. The first-order valence-electron chi connectivity index (χ1n) is 8.02. The van der Waals surface area contributed by atoms with E-state index in [0.29, 0.717) is 26.1 Å². The summed E-state index contributed by atoms with van der Waals surface area (Å²) in [6.07, 6.45) is 3.15. The molecule has 1 heterocycles. The van der Waals surface area contributed by atoms with Crippen LogP contribution in [0.4, 0.5) is 4.39 Å². The van der Waals surface area contributed by atoms with Crippen molar-refractivity contribution in [3.63, 3.8) is 0 Å². The Morgan fingerprint density at radius 2 is 2.22 bits per heavy atom. The zero-order valence-electron chi connectivity index (χ0n) is 13.3. The van der Waals surface area contributed by atoms with Crippen LogP contribution in [0.25, 0.3) is 0 Å². The van der Waals surface area contributed by atoms with E-state index in [1.54, 1.807) is 4.90 Å². The summed E-state index contributed by atoms with van der Waals surface area (Å²) >= 11 is 5.72. The second kappa shape index (κ2) is 8.29. The number of benzene rings is 1. The normalized spacial score (nSPS) is 17.9. The van der Waals surface area contributed by atoms with Crippen molar-refractivity contribution < 1.29 is 14.0 Å². The number of hydrogen-bond donors (Lipinski definition) is 1. The number of carbonyl (C=O) groups is 2. The molecule has 23 heavy (non-hydrogen) atoms. The topological polar surface area (TPSA) is 49.4 Å². The minimum absolute atomic E-state index is 0.0414. The molecule has 1 atom stereocenters. The van der Waals surface area contributed by atoms with Crippen LogP contribution in [0, 0.1) is 11.7 Å². The molecule has 126 valence electrons. The van der Waals surface area contributed by atoms with Gasteiger partial charge in [0.1, 0.15) is 5.82 Å². The van der Waals surface area contributed by atoms with Gasteiger partial charge >= 0.3 is 0 Å². The van der Waals surface area contributed by atoms with Gasteiger partial charge in [0, 0.05) is 31.1 Å². The maximum absolute atomic E-state index is 13.9. The Balaban J connectivity index is 1.95. The second-order valence-corrected chi connectivity index (χ2v) is 6.37. The minimum atomic E-state index is -0.596. The molecule has 1 N–H and O–H groups in total. The van der Waals surface area contributed by atoms with E-state index in [1.807, 2.05) is 6.92 Å². The highest BCUT2D eigenvalue weighted by Crippen LogP contribution is 2.21. The van der Waals surface area contributed by atoms with E-state index in [1.165, 1.54) is 12.1 Å². The molecule has 1 fully saturated rings. The summed E-state index contributed by atoms with van der Waals surface area (Å²) in [5, 5.41) is 3.18. The van der Waals surface area contributed by atoms with Crippen molar-refractivity contribution in [2.75, 3.05) is 19.6 Å². The van der Waals surface area contributed by atoms with E-state index in [-0.39, 0.29) is 28.3 Å². The van der Waals surface area contributed by atoms with Crippen LogP contribution < -0.4 is 5.32 Å². The number of piperidine rings is 1. The molecule has 1 aromatic carbocycles. The van der Waals surface area contributed by atoms with E-state index in [4.69, 9.17) is 11.6 Å². The van der Waals surface area contributed by atoms with Crippen LogP contribution in [-0.4, -0.2) is 36.3 Å². The quantitative estimate of drug-likeness (QED) is 0.894. The van der Waals surface area contributed by atoms with Gasteiger partial charge < -0.3 is 10.2 Å². The Morgan fingerprint density at radius 3 is 2.91 bits per heavy atom. The van der Waals surface area contributed by atoms with Gasteiger partial charge in [0.15, 0.2) is 0 Å². The first kappa shape index (κ1) is 17.7. The number of nitrogens with zero attached hydrogens (tertiary/aromatic N) is 1. The molecule has 2 rings (SSSR count). The second-order valence-electron chi connectivity index (χ2n) is 5.94. The van der Waals surface area contributed by atoms with Crippen molar-refractivity contribution in [1.29, 1.82) is 0 Å². The average Bonchev–Trinajstić information content (AvgIpc) is 2.53. The predicted octanol–water partition coefficient (Wildman–Crippen LogP) is 3.25. The molecular formula is C17H22ClFN2O2. The molecule has 0 bridgehead atoms. The molecular weight excluding hydrogens is 319 g/mol. The van der Waals surface area contributed by atoms with E-state index in [0.717, 1.165) is 25.3 Å². The SMILES string of the molecule is CCCC(=O)NC[C@@H]1CCCN(C(=O)c2ccc(Cl)cc2F)C1. The van der Waals surface area contributed by atoms with Crippen LogP contribution >= 0.6 is 11.6 Å². The van der Waals surface area contributed by atoms with Crippen molar-refractivity contribution >= 4 is 23.4 Å². The number of halogens is 2. The highest BCUT2D eigenvalue weighted by atomic mass is 35.5. The van der Waals surface area contributed by atoms with Gasteiger partial charge in [-0.2, -0.15) is 0 Å². The van der Waals surface area contributed by atoms with Crippen LogP contribution in [0.5, 0.6) is 0 Å². The largest absolute Gasteiger partial charge is 0.356 e. The van der Waals surface area contributed by atoms with Gasteiger partial charge in [0.25, 0.3) is 5.91 Å². The lowest BCUT2D eigenvalue weighted by molar-refractivity contribution is -0.121. The average molecular weight is 341 g/mol. The van der Waals surface area contributed by atoms with Crippen LogP contribution in [0.3, 0.4) is 0 Å². The third-order valence-electron chi connectivity index (χ3n) is 4.03. The fourth-order valence-electron chi connectivity index (χ4n) is 2.82. The van der Waals surface area contributed by atoms with E-state index in [9.17, 15) is 14.0 Å². The first-order valence-corrected chi connectivity index (χ1v) is 8.40. The smallest absolute Gasteiger partial charge is 0.256 e. The number of rotatable bonds is 5. The van der Waals surface area contributed by atoms with E-state index in [2.05, 4.69) is 5.32 Å². The molecule has 0 aliphatic carbocycles. The van der Waals surface area contributed by atoms with Crippen molar-refractivity contribution in [2.24, 2.45) is 5.92 Å². The summed E-state index contributed by atoms with van der Waals surface area (Å²) in [5.41, 5.74) is 0.0464. The molecule has 1 saturated heterocycles. The van der Waals surface area contributed by atoms with Gasteiger partial charge in [-0.05, 0) is 43.4 Å². The lowest BCUT2D eigenvalue weighted by Crippen LogP contribution is -2.43. The van der Waals surface area contributed by atoms with Crippen molar-refractivity contribution in [3.05, 3.63) is 34.6 Å². The Morgan fingerprint density at radius 1 is 1.43 bits per heavy atom. The van der Waals surface area contributed by atoms with Gasteiger partial charge in [-0.25, -0.2) is 4.39 Å². The molecule has 1 aliphatic rings. The van der Waals surface area contributed by atoms with E-state index >= 15 is 0 Å². The van der Waals surface area contributed by atoms with Crippen LogP contribution in [0.1, 0.15) is 43.0 Å². The third-order valence-corrected chi connectivity index (χ3v) is 4.27. The fourth-order valence-corrected chi connectivity index (χ4v) is 2.98. The Bertz CT molecular complexity index is 580. The summed E-state index contributed by atoms with van der Waals surface area (Å²) < 4.78 is 13.9. The van der Waals surface area contributed by atoms with Gasteiger partial charge in [0.05, 0.1) is 5.56 Å². The number of amides is 2. The summed E-state index contributed by atoms with van der Waals surface area (Å²) in [7, 11) is 0. The Kier molecular flexibility index (Phi) is 6.39. The van der Waals surface area contributed by atoms with Gasteiger partial charge in [0.2, 0.25) is 5.91 Å². The molecule has 1 aromatic rings. The molecule has 0 unspecified atom stereocenters. The monoisotopic (exact) mass is 340 g/mol. The zero-order valence-corrected chi connectivity index (χ0v) is 14.0. The molecule has 0 radical (unpaired) electrons. The van der Waals surface area contributed by atoms with Crippen LogP contribution in [0.15, 0.2) is 18.2 Å². The van der Waals surface area contributed by atoms with E-state index < -0.39 is 5.82 Å². The van der Waals surface area contributed by atoms with Crippen molar-refractivity contribution in [2.45, 2.75) is 32.6 Å². The summed E-state index contributed by atoms with van der Waals surface area (Å²) in [5.74, 6) is -0.659. The number of hydrogen-bond acceptors (Lipinski definition) is 2. The maximum atomic E-state index is 13.9. The van der Waals surface area contributed by atoms with Gasteiger partial charge in [-0.1, -0.05) is 18.5 Å². The molecule has 6 heteroatoms. The van der Waals surface area contributed by atoms with Gasteiger partial charge in [-0.15, -0.1) is 0 Å². The van der Waals surface area contributed by atoms with Gasteiger partial charge in [-0.3, -0.25) is 9.59 Å². The highest BCUT2D eigenvalue weighted by molar-refractivity contribution is 6.30. The standard InChI is InChI=1S/C17H22ClFN2O2/c1-2-4-16(22)20-10-12-5-3-8-21(11-12)17(23)14-7-6-13(18)9-15(14)19/h6-7,9,12H,2-5,8,10-11H2,1H3,(H,20,22)/t12-/m0/s1. The Hall–Kier alpha value is -1.62. The highest BCUT2D eigenvalue weighted by Gasteiger charge is 2.26. The zero-order chi connectivity index (χ0) is 16.8. The number of nitrogens with one attached hydrogen (secondary N) is 1. The molecule has 1 aliphatic heterocycles. The maximum Gasteiger partial charge on any atom is 0.256 e. The number of likely N-dealkylation sites (tertiary alicyclic amines) is 1. The first-order chi connectivity index (χ1) is 11.0. The molecule has 0 spiro atoms. The van der Waals surface area contributed by atoms with Crippen LogP contribution in [-0.2, 0) is 4.79 Å². The Labute approximate surface area is 141 Å².